The van der Waals surface area contributed by atoms with Gasteiger partial charge in [0.05, 0.1) is 6.20 Å². The Morgan fingerprint density at radius 2 is 2.11 bits per heavy atom. The van der Waals surface area contributed by atoms with Gasteiger partial charge in [-0.25, -0.2) is 9.37 Å². The van der Waals surface area contributed by atoms with Crippen LogP contribution in [0.4, 0.5) is 4.39 Å². The van der Waals surface area contributed by atoms with Crippen LogP contribution in [-0.4, -0.2) is 9.55 Å². The van der Waals surface area contributed by atoms with Crippen molar-refractivity contribution in [3.63, 3.8) is 0 Å². The lowest BCUT2D eigenvalue weighted by Crippen LogP contribution is -1.94. The molecule has 18 heavy (non-hydrogen) atoms. The lowest BCUT2D eigenvalue weighted by molar-refractivity contribution is 0.612. The molecule has 2 aromatic rings. The van der Waals surface area contributed by atoms with Gasteiger partial charge in [0.15, 0.2) is 0 Å². The van der Waals surface area contributed by atoms with Crippen LogP contribution in [0.25, 0.3) is 0 Å². The molecule has 0 atom stereocenters. The quantitative estimate of drug-likeness (QED) is 0.703. The molecular formula is C15H15FN2. The first-order chi connectivity index (χ1) is 8.61. The highest BCUT2D eigenvalue weighted by molar-refractivity contribution is 5.41. The number of hydrogen-bond donors (Lipinski definition) is 0. The average molecular weight is 242 g/mol. The predicted octanol–water partition coefficient (Wildman–Crippen LogP) is 2.83. The van der Waals surface area contributed by atoms with Crippen molar-refractivity contribution in [2.24, 2.45) is 7.05 Å². The highest BCUT2D eigenvalue weighted by Crippen LogP contribution is 2.10. The molecule has 0 amide bonds. The molecule has 0 fully saturated rings. The van der Waals surface area contributed by atoms with Gasteiger partial charge in [-0.05, 0) is 37.0 Å². The summed E-state index contributed by atoms with van der Waals surface area (Å²) < 4.78 is 15.5. The molecule has 1 aromatic carbocycles. The summed E-state index contributed by atoms with van der Waals surface area (Å²) in [5.74, 6) is 6.67. The fourth-order valence-electron chi connectivity index (χ4n) is 1.67. The van der Waals surface area contributed by atoms with E-state index in [1.165, 1.54) is 6.07 Å². The highest BCUT2D eigenvalue weighted by atomic mass is 19.1. The molecule has 0 aliphatic rings. The van der Waals surface area contributed by atoms with E-state index in [2.05, 4.69) is 16.8 Å². The molecule has 0 N–H and O–H groups in total. The van der Waals surface area contributed by atoms with Gasteiger partial charge in [0.25, 0.3) is 0 Å². The van der Waals surface area contributed by atoms with Crippen LogP contribution in [0.5, 0.6) is 0 Å². The van der Waals surface area contributed by atoms with Gasteiger partial charge in [-0.3, -0.25) is 0 Å². The number of imidazole rings is 1. The number of aromatic nitrogens is 2. The van der Waals surface area contributed by atoms with Gasteiger partial charge in [0.2, 0.25) is 0 Å². The van der Waals surface area contributed by atoms with Crippen LogP contribution in [0.1, 0.15) is 29.6 Å². The minimum Gasteiger partial charge on any atom is -0.325 e. The molecule has 1 heterocycles. The molecule has 0 unspecified atom stereocenters. The van der Waals surface area contributed by atoms with Crippen molar-refractivity contribution in [1.29, 1.82) is 0 Å². The zero-order chi connectivity index (χ0) is 13.1. The van der Waals surface area contributed by atoms with Crippen LogP contribution in [-0.2, 0) is 13.5 Å². The monoisotopic (exact) mass is 242 g/mol. The van der Waals surface area contributed by atoms with Crippen LogP contribution in [0.2, 0.25) is 0 Å². The first-order valence-corrected chi connectivity index (χ1v) is 5.90. The second kappa shape index (κ2) is 5.05. The number of rotatable bonds is 1. The van der Waals surface area contributed by atoms with E-state index in [0.717, 1.165) is 17.1 Å². The zero-order valence-corrected chi connectivity index (χ0v) is 10.8. The van der Waals surface area contributed by atoms with Crippen molar-refractivity contribution in [2.45, 2.75) is 20.3 Å². The molecule has 2 rings (SSSR count). The molecule has 0 bridgehead atoms. The summed E-state index contributed by atoms with van der Waals surface area (Å²) in [5, 5.41) is 0. The Morgan fingerprint density at radius 3 is 2.67 bits per heavy atom. The van der Waals surface area contributed by atoms with Crippen molar-refractivity contribution < 1.29 is 4.39 Å². The highest BCUT2D eigenvalue weighted by Gasteiger charge is 2.01. The van der Waals surface area contributed by atoms with Crippen molar-refractivity contribution in [3.8, 4) is 11.8 Å². The largest absolute Gasteiger partial charge is 0.325 e. The summed E-state index contributed by atoms with van der Waals surface area (Å²) in [6.45, 7) is 3.85. The number of benzene rings is 1. The van der Waals surface area contributed by atoms with E-state index in [-0.39, 0.29) is 5.82 Å². The van der Waals surface area contributed by atoms with Gasteiger partial charge >= 0.3 is 0 Å². The predicted molar refractivity (Wildman–Crippen MR) is 69.7 cm³/mol. The van der Waals surface area contributed by atoms with E-state index in [1.54, 1.807) is 12.3 Å². The lowest BCUT2D eigenvalue weighted by atomic mass is 10.1. The minimum absolute atomic E-state index is 0.189. The SMILES string of the molecule is CCc1ccc(C#Cc2cnc(C)n2C)cc1F. The third kappa shape index (κ3) is 2.43. The fourth-order valence-corrected chi connectivity index (χ4v) is 1.67. The average Bonchev–Trinajstić information content (AvgIpc) is 2.68. The topological polar surface area (TPSA) is 17.8 Å². The normalized spacial score (nSPS) is 10.0. The smallest absolute Gasteiger partial charge is 0.127 e. The van der Waals surface area contributed by atoms with Gasteiger partial charge < -0.3 is 4.57 Å². The van der Waals surface area contributed by atoms with Gasteiger partial charge in [-0.1, -0.05) is 18.9 Å². The third-order valence-corrected chi connectivity index (χ3v) is 2.99. The Balaban J connectivity index is 2.30. The van der Waals surface area contributed by atoms with Gasteiger partial charge in [-0.15, -0.1) is 0 Å². The Bertz CT molecular complexity index is 630. The van der Waals surface area contributed by atoms with Crippen LogP contribution in [0, 0.1) is 24.6 Å². The molecule has 92 valence electrons. The van der Waals surface area contributed by atoms with Crippen LogP contribution in [0.3, 0.4) is 0 Å². The number of hydrogen-bond acceptors (Lipinski definition) is 1. The van der Waals surface area contributed by atoms with Gasteiger partial charge in [0.1, 0.15) is 17.3 Å². The van der Waals surface area contributed by atoms with E-state index in [0.29, 0.717) is 12.0 Å². The number of aryl methyl sites for hydroxylation is 2. The van der Waals surface area contributed by atoms with Crippen LogP contribution in [0.15, 0.2) is 24.4 Å². The molecule has 0 aliphatic heterocycles. The van der Waals surface area contributed by atoms with Crippen molar-refractivity contribution in [1.82, 2.24) is 9.55 Å². The Labute approximate surface area is 106 Å². The maximum absolute atomic E-state index is 13.6. The van der Waals surface area contributed by atoms with Gasteiger partial charge in [-0.2, -0.15) is 0 Å². The molecule has 0 radical (unpaired) electrons. The van der Waals surface area contributed by atoms with Crippen molar-refractivity contribution in [3.05, 3.63) is 52.9 Å². The minimum atomic E-state index is -0.189. The van der Waals surface area contributed by atoms with E-state index >= 15 is 0 Å². The molecule has 3 heteroatoms. The van der Waals surface area contributed by atoms with E-state index < -0.39 is 0 Å². The maximum atomic E-state index is 13.6. The Morgan fingerprint density at radius 1 is 1.33 bits per heavy atom. The van der Waals surface area contributed by atoms with E-state index in [9.17, 15) is 4.39 Å². The number of halogens is 1. The Kier molecular flexibility index (Phi) is 3.47. The molecule has 0 spiro atoms. The first kappa shape index (κ1) is 12.4. The van der Waals surface area contributed by atoms with Gasteiger partial charge in [0, 0.05) is 12.6 Å². The summed E-state index contributed by atoms with van der Waals surface area (Å²) in [7, 11) is 1.91. The summed E-state index contributed by atoms with van der Waals surface area (Å²) in [6.07, 6.45) is 2.42. The second-order valence-electron chi connectivity index (χ2n) is 4.16. The molecule has 0 saturated heterocycles. The standard InChI is InChI=1S/C15H15FN2/c1-4-13-7-5-12(9-15(13)16)6-8-14-10-17-11(2)18(14)3/h5,7,9-10H,4H2,1-3H3. The Hall–Kier alpha value is -2.08. The van der Waals surface area contributed by atoms with Crippen LogP contribution < -0.4 is 0 Å². The first-order valence-electron chi connectivity index (χ1n) is 5.90. The molecular weight excluding hydrogens is 227 g/mol. The molecule has 2 nitrogen and oxygen atoms in total. The molecule has 0 saturated carbocycles. The summed E-state index contributed by atoms with van der Waals surface area (Å²) in [4.78, 5) is 4.16. The van der Waals surface area contributed by atoms with Crippen LogP contribution >= 0.6 is 0 Å². The van der Waals surface area contributed by atoms with E-state index in [4.69, 9.17) is 0 Å². The van der Waals surface area contributed by atoms with Crippen molar-refractivity contribution >= 4 is 0 Å². The van der Waals surface area contributed by atoms with Crippen molar-refractivity contribution in [2.75, 3.05) is 0 Å². The maximum Gasteiger partial charge on any atom is 0.127 e. The second-order valence-corrected chi connectivity index (χ2v) is 4.16. The molecule has 0 aliphatic carbocycles. The zero-order valence-electron chi connectivity index (χ0n) is 10.8. The third-order valence-electron chi connectivity index (χ3n) is 2.99. The lowest BCUT2D eigenvalue weighted by Gasteiger charge is -1.99. The van der Waals surface area contributed by atoms with E-state index in [1.807, 2.05) is 31.5 Å². The summed E-state index contributed by atoms with van der Waals surface area (Å²) >= 11 is 0. The summed E-state index contributed by atoms with van der Waals surface area (Å²) in [5.41, 5.74) is 2.23. The molecule has 1 aromatic heterocycles. The number of nitrogens with zero attached hydrogens (tertiary/aromatic N) is 2. The fraction of sp³-hybridized carbons (Fsp3) is 0.267. The summed E-state index contributed by atoms with van der Waals surface area (Å²) in [6, 6.07) is 5.11.